The van der Waals surface area contributed by atoms with Crippen molar-refractivity contribution in [3.63, 3.8) is 0 Å². The summed E-state index contributed by atoms with van der Waals surface area (Å²) in [5.41, 5.74) is 0. The quantitative estimate of drug-likeness (QED) is 0.273. The molecule has 18 unspecified atom stereocenters. The molecule has 360 valence electrons. The maximum absolute atomic E-state index is 7.04. The van der Waals surface area contributed by atoms with Gasteiger partial charge in [0.25, 0.3) is 0 Å². The maximum Gasteiger partial charge on any atom is 0.0735 e. The molecule has 4 heterocycles. The molecule has 6 nitrogen and oxygen atoms in total. The van der Waals surface area contributed by atoms with Crippen molar-refractivity contribution in [3.8, 4) is 0 Å². The molecule has 18 atom stereocenters. The van der Waals surface area contributed by atoms with Gasteiger partial charge in [-0.25, -0.2) is 0 Å². The standard InChI is InChI=1S/C56H92N4O2S2/c1-11-23-52-42(13-1)57-55(63-52)37-33-40(35-25-29-38(30-26-35)59-44-15-3-7-19-48(44)61-49-20-8-4-16-45(49)59)54(41(34-37)56-58-43-14-2-12-24-53(43)64-56)36-27-31-39(32-28-36)60-46-17-5-9-21-50(46)62-51-22-10-6-18-47(51)60/h35-58H,1-34H2. The van der Waals surface area contributed by atoms with Crippen molar-refractivity contribution in [1.29, 1.82) is 0 Å². The van der Waals surface area contributed by atoms with Crippen LogP contribution < -0.4 is 10.6 Å². The molecule has 13 fully saturated rings. The SMILES string of the molecule is C1CCC2SC(C3CC(C4CCC(N5C6CCCCC6OC6CCCCC65)CC4)C(C4CCC(N5C6CCCCC6OC6CCCCC65)CC4)C(C4NC5CCCCC5S4)C3)NC2C1. The lowest BCUT2D eigenvalue weighted by Crippen LogP contribution is -2.65. The Balaban J connectivity index is 0.788. The number of fused-ring (bicyclic) bond motifs is 6. The van der Waals surface area contributed by atoms with Gasteiger partial charge in [0.1, 0.15) is 0 Å². The van der Waals surface area contributed by atoms with E-state index in [0.29, 0.717) is 59.3 Å². The van der Waals surface area contributed by atoms with Crippen LogP contribution in [-0.4, -0.2) is 104 Å². The second kappa shape index (κ2) is 19.6. The van der Waals surface area contributed by atoms with Crippen molar-refractivity contribution < 1.29 is 9.47 Å². The highest BCUT2D eigenvalue weighted by molar-refractivity contribution is 8.01. The Bertz CT molecular complexity index is 1480. The lowest BCUT2D eigenvalue weighted by Gasteiger charge is -2.58. The third-order valence-corrected chi connectivity index (χ3v) is 25.6. The molecular weight excluding hydrogens is 825 g/mol. The van der Waals surface area contributed by atoms with Gasteiger partial charge in [-0.15, -0.1) is 23.5 Å². The number of nitrogens with one attached hydrogen (secondary N) is 2. The molecule has 0 aromatic carbocycles. The minimum absolute atomic E-state index is 0.523. The first-order valence-electron chi connectivity index (χ1n) is 29.4. The van der Waals surface area contributed by atoms with Crippen LogP contribution in [0.2, 0.25) is 0 Å². The highest BCUT2D eigenvalue weighted by Gasteiger charge is 2.56. The Morgan fingerprint density at radius 3 is 1.22 bits per heavy atom. The Hall–Kier alpha value is 0.460. The lowest BCUT2D eigenvalue weighted by atomic mass is 9.55. The van der Waals surface area contributed by atoms with Gasteiger partial charge in [-0.05, 0) is 177 Å². The summed E-state index contributed by atoms with van der Waals surface area (Å²) in [7, 11) is 0. The van der Waals surface area contributed by atoms with Crippen molar-refractivity contribution in [2.24, 2.45) is 35.5 Å². The van der Waals surface area contributed by atoms with Crippen molar-refractivity contribution >= 4 is 23.5 Å². The first-order chi connectivity index (χ1) is 31.7. The number of rotatable bonds is 6. The molecule has 0 bridgehead atoms. The second-order valence-corrected chi connectivity index (χ2v) is 28.1. The van der Waals surface area contributed by atoms with Crippen LogP contribution in [0.25, 0.3) is 0 Å². The van der Waals surface area contributed by atoms with Gasteiger partial charge in [0, 0.05) is 58.8 Å². The van der Waals surface area contributed by atoms with Crippen LogP contribution in [0.4, 0.5) is 0 Å². The van der Waals surface area contributed by atoms with E-state index in [-0.39, 0.29) is 0 Å². The molecule has 9 aliphatic carbocycles. The van der Waals surface area contributed by atoms with E-state index in [0.717, 1.165) is 70.2 Å². The van der Waals surface area contributed by atoms with E-state index in [4.69, 9.17) is 9.47 Å². The third-order valence-electron chi connectivity index (χ3n) is 22.1. The van der Waals surface area contributed by atoms with E-state index in [9.17, 15) is 0 Å². The fraction of sp³-hybridized carbons (Fsp3) is 1.00. The summed E-state index contributed by atoms with van der Waals surface area (Å²) < 4.78 is 14.1. The minimum atomic E-state index is 0.523. The fourth-order valence-electron chi connectivity index (χ4n) is 19.4. The van der Waals surface area contributed by atoms with E-state index >= 15 is 0 Å². The Morgan fingerprint density at radius 2 is 0.734 bits per heavy atom. The fourth-order valence-corrected chi connectivity index (χ4v) is 23.0. The first kappa shape index (κ1) is 44.4. The molecule has 2 N–H and O–H groups in total. The molecule has 64 heavy (non-hydrogen) atoms. The zero-order valence-electron chi connectivity index (χ0n) is 40.3. The van der Waals surface area contributed by atoms with Gasteiger partial charge in [0.2, 0.25) is 0 Å². The molecule has 0 aromatic rings. The van der Waals surface area contributed by atoms with Crippen LogP contribution in [-0.2, 0) is 9.47 Å². The molecule has 4 saturated heterocycles. The van der Waals surface area contributed by atoms with Crippen LogP contribution in [0.1, 0.15) is 218 Å². The monoisotopic (exact) mass is 917 g/mol. The molecule has 8 heteroatoms. The normalized spacial score (nSPS) is 53.8. The van der Waals surface area contributed by atoms with Crippen LogP contribution in [0.5, 0.6) is 0 Å². The number of hydrogen-bond donors (Lipinski definition) is 2. The van der Waals surface area contributed by atoms with Crippen LogP contribution >= 0.6 is 23.5 Å². The number of morpholine rings is 2. The number of thioether (sulfide) groups is 2. The zero-order valence-corrected chi connectivity index (χ0v) is 41.9. The summed E-state index contributed by atoms with van der Waals surface area (Å²) in [5.74, 6) is 5.40. The van der Waals surface area contributed by atoms with Crippen LogP contribution in [0.15, 0.2) is 0 Å². The van der Waals surface area contributed by atoms with E-state index in [1.165, 1.54) is 218 Å². The van der Waals surface area contributed by atoms with Gasteiger partial charge < -0.3 is 20.1 Å². The van der Waals surface area contributed by atoms with Gasteiger partial charge >= 0.3 is 0 Å². The van der Waals surface area contributed by atoms with Crippen molar-refractivity contribution in [1.82, 2.24) is 20.4 Å². The summed E-state index contributed by atoms with van der Waals surface area (Å²) in [5, 5.41) is 12.1. The van der Waals surface area contributed by atoms with Crippen molar-refractivity contribution in [2.45, 2.75) is 312 Å². The largest absolute Gasteiger partial charge is 0.372 e. The average Bonchev–Trinajstić information content (AvgIpc) is 4.00. The predicted molar refractivity (Wildman–Crippen MR) is 266 cm³/mol. The van der Waals surface area contributed by atoms with Crippen LogP contribution in [0.3, 0.4) is 0 Å². The lowest BCUT2D eigenvalue weighted by molar-refractivity contribution is -0.192. The topological polar surface area (TPSA) is 49.0 Å². The van der Waals surface area contributed by atoms with Gasteiger partial charge in [-0.3, -0.25) is 9.80 Å². The molecule has 13 aliphatic rings. The maximum atomic E-state index is 7.04. The van der Waals surface area contributed by atoms with Gasteiger partial charge in [0.15, 0.2) is 0 Å². The highest BCUT2D eigenvalue weighted by Crippen LogP contribution is 2.59. The zero-order chi connectivity index (χ0) is 42.1. The highest BCUT2D eigenvalue weighted by atomic mass is 32.2. The first-order valence-corrected chi connectivity index (χ1v) is 31.3. The molecule has 13 rings (SSSR count). The molecule has 0 amide bonds. The molecule has 4 aliphatic heterocycles. The molecule has 0 aromatic heterocycles. The van der Waals surface area contributed by atoms with Gasteiger partial charge in [0.05, 0.1) is 35.2 Å². The van der Waals surface area contributed by atoms with Gasteiger partial charge in [-0.2, -0.15) is 0 Å². The summed E-state index contributed by atoms with van der Waals surface area (Å²) >= 11 is 4.94. The van der Waals surface area contributed by atoms with E-state index in [1.807, 2.05) is 0 Å². The molecule has 0 spiro atoms. The van der Waals surface area contributed by atoms with Gasteiger partial charge in [-0.1, -0.05) is 77.0 Å². The Kier molecular flexibility index (Phi) is 13.6. The van der Waals surface area contributed by atoms with E-state index in [1.54, 1.807) is 0 Å². The average molecular weight is 918 g/mol. The number of nitrogens with zero attached hydrogens (tertiary/aromatic N) is 2. The Labute approximate surface area is 399 Å². The smallest absolute Gasteiger partial charge is 0.0735 e. The van der Waals surface area contributed by atoms with E-state index < -0.39 is 0 Å². The van der Waals surface area contributed by atoms with Crippen molar-refractivity contribution in [2.75, 3.05) is 0 Å². The Morgan fingerprint density at radius 1 is 0.344 bits per heavy atom. The predicted octanol–water partition coefficient (Wildman–Crippen LogP) is 12.2. The van der Waals surface area contributed by atoms with Crippen LogP contribution in [0, 0.1) is 35.5 Å². The second-order valence-electron chi connectivity index (χ2n) is 25.3. The summed E-state index contributed by atoms with van der Waals surface area (Å²) in [6.07, 6.45) is 51.0. The van der Waals surface area contributed by atoms with Crippen molar-refractivity contribution in [3.05, 3.63) is 0 Å². The number of hydrogen-bond acceptors (Lipinski definition) is 8. The minimum Gasteiger partial charge on any atom is -0.372 e. The number of ether oxygens (including phenoxy) is 2. The third kappa shape index (κ3) is 8.51. The summed E-state index contributed by atoms with van der Waals surface area (Å²) in [4.78, 5) is 6.45. The van der Waals surface area contributed by atoms with E-state index in [2.05, 4.69) is 44.0 Å². The molecule has 0 radical (unpaired) electrons. The summed E-state index contributed by atoms with van der Waals surface area (Å²) in [6.45, 7) is 0. The summed E-state index contributed by atoms with van der Waals surface area (Å²) in [6, 6.07) is 6.04. The molecular formula is C56H92N4O2S2. The molecule has 9 saturated carbocycles.